The fourth-order valence-corrected chi connectivity index (χ4v) is 10.0. The molecule has 0 N–H and O–H groups in total. The fraction of sp³-hybridized carbons (Fsp3) is 0. The quantitative estimate of drug-likeness (QED) is 0.165. The average molecular weight is 668 g/mol. The molecule has 13 rings (SSSR count). The molecule has 1 nitrogen and oxygen atoms in total. The van der Waals surface area contributed by atoms with Crippen LogP contribution in [-0.4, -0.2) is 4.57 Å². The topological polar surface area (TPSA) is 4.93 Å². The highest BCUT2D eigenvalue weighted by Gasteiger charge is 2.23. The van der Waals surface area contributed by atoms with Gasteiger partial charge in [-0.1, -0.05) is 152 Å². The number of para-hydroxylation sites is 1. The molecule has 242 valence electrons. The molecule has 13 aromatic rings. The molecule has 0 saturated carbocycles. The van der Waals surface area contributed by atoms with Gasteiger partial charge in [0.1, 0.15) is 0 Å². The van der Waals surface area contributed by atoms with Crippen molar-refractivity contribution in [3.05, 3.63) is 176 Å². The molecule has 0 amide bonds. The minimum atomic E-state index is 1.18. The number of aromatic nitrogens is 1. The van der Waals surface area contributed by atoms with Crippen molar-refractivity contribution in [3.8, 4) is 27.9 Å². The summed E-state index contributed by atoms with van der Waals surface area (Å²) in [5.74, 6) is 0. The normalized spacial score (nSPS) is 12.5. The molecule has 0 aliphatic carbocycles. The summed E-state index contributed by atoms with van der Waals surface area (Å²) in [5.41, 5.74) is 8.77. The van der Waals surface area contributed by atoms with Crippen molar-refractivity contribution in [1.29, 1.82) is 0 Å². The second-order valence-electron chi connectivity index (χ2n) is 14.8. The van der Waals surface area contributed by atoms with Crippen LogP contribution < -0.4 is 0 Å². The standard InChI is InChI=1S/C52H29N/c1-2-10-36(11-3-1)53-45-28-26-39(37-20-16-34-14-12-30-6-4-8-32-18-22-41(37)49(34)47(30)32)43-24-25-44-40(27-29-46(53)52(44)51(43)45)38-21-17-35-15-13-31-7-5-9-33-19-23-42(38)50(35)48(31)33/h1-29H. The molecular weight excluding hydrogens is 639 g/mol. The largest absolute Gasteiger partial charge is 0.309 e. The number of hydrogen-bond acceptors (Lipinski definition) is 0. The highest BCUT2D eigenvalue weighted by Crippen LogP contribution is 2.48. The van der Waals surface area contributed by atoms with Crippen LogP contribution >= 0.6 is 0 Å². The molecule has 0 spiro atoms. The van der Waals surface area contributed by atoms with Gasteiger partial charge in [-0.15, -0.1) is 0 Å². The molecule has 0 atom stereocenters. The minimum absolute atomic E-state index is 1.18. The van der Waals surface area contributed by atoms with Gasteiger partial charge in [0, 0.05) is 16.5 Å². The Morgan fingerprint density at radius 3 is 1.02 bits per heavy atom. The van der Waals surface area contributed by atoms with E-state index in [2.05, 4.69) is 180 Å². The van der Waals surface area contributed by atoms with Crippen LogP contribution in [0.25, 0.3) is 125 Å². The molecule has 0 aliphatic heterocycles. The van der Waals surface area contributed by atoms with Gasteiger partial charge in [0.2, 0.25) is 0 Å². The van der Waals surface area contributed by atoms with Crippen molar-refractivity contribution in [1.82, 2.24) is 4.57 Å². The van der Waals surface area contributed by atoms with E-state index in [4.69, 9.17) is 0 Å². The van der Waals surface area contributed by atoms with Crippen molar-refractivity contribution in [3.63, 3.8) is 0 Å². The van der Waals surface area contributed by atoms with Gasteiger partial charge in [-0.3, -0.25) is 0 Å². The summed E-state index contributed by atoms with van der Waals surface area (Å²) in [5, 5.41) is 21.0. The van der Waals surface area contributed by atoms with Crippen LogP contribution in [0.3, 0.4) is 0 Å². The molecule has 0 saturated heterocycles. The first-order valence-electron chi connectivity index (χ1n) is 18.5. The lowest BCUT2D eigenvalue weighted by atomic mass is 9.86. The Labute approximate surface area is 304 Å². The molecule has 1 heteroatoms. The van der Waals surface area contributed by atoms with E-state index < -0.39 is 0 Å². The van der Waals surface area contributed by atoms with Gasteiger partial charge in [-0.25, -0.2) is 0 Å². The predicted molar refractivity (Wildman–Crippen MR) is 228 cm³/mol. The first kappa shape index (κ1) is 27.7. The summed E-state index contributed by atoms with van der Waals surface area (Å²) >= 11 is 0. The third-order valence-corrected chi connectivity index (χ3v) is 12.2. The highest BCUT2D eigenvalue weighted by atomic mass is 15.0. The molecule has 0 fully saturated rings. The lowest BCUT2D eigenvalue weighted by Crippen LogP contribution is -1.93. The lowest BCUT2D eigenvalue weighted by molar-refractivity contribution is 1.18. The highest BCUT2D eigenvalue weighted by molar-refractivity contribution is 6.32. The number of rotatable bonds is 3. The molecule has 1 aromatic heterocycles. The van der Waals surface area contributed by atoms with Crippen molar-refractivity contribution < 1.29 is 0 Å². The first-order valence-corrected chi connectivity index (χ1v) is 18.5. The Kier molecular flexibility index (Phi) is 5.17. The summed E-state index contributed by atoms with van der Waals surface area (Å²) in [6, 6.07) is 66.1. The third kappa shape index (κ3) is 3.52. The van der Waals surface area contributed by atoms with Gasteiger partial charge in [0.25, 0.3) is 0 Å². The SMILES string of the molecule is c1ccc(-n2c3ccc(-c4ccc5ccc6cccc7ccc4c5c67)c4ccc5c(-c6ccc7ccc8cccc9ccc6c7c89)ccc2c5c43)cc1. The van der Waals surface area contributed by atoms with Gasteiger partial charge >= 0.3 is 0 Å². The zero-order valence-electron chi connectivity index (χ0n) is 28.7. The van der Waals surface area contributed by atoms with E-state index in [0.717, 1.165) is 0 Å². The van der Waals surface area contributed by atoms with Crippen LogP contribution in [0.4, 0.5) is 0 Å². The van der Waals surface area contributed by atoms with Crippen LogP contribution in [0.15, 0.2) is 176 Å². The van der Waals surface area contributed by atoms with Crippen LogP contribution in [0, 0.1) is 0 Å². The zero-order chi connectivity index (χ0) is 34.4. The van der Waals surface area contributed by atoms with Crippen LogP contribution in [-0.2, 0) is 0 Å². The Bertz CT molecular complexity index is 3350. The van der Waals surface area contributed by atoms with E-state index in [1.807, 2.05) is 0 Å². The van der Waals surface area contributed by atoms with E-state index in [-0.39, 0.29) is 0 Å². The number of hydrogen-bond donors (Lipinski definition) is 0. The van der Waals surface area contributed by atoms with Gasteiger partial charge < -0.3 is 4.57 Å². The van der Waals surface area contributed by atoms with Crippen molar-refractivity contribution in [2.75, 3.05) is 0 Å². The predicted octanol–water partition coefficient (Wildman–Crippen LogP) is 14.5. The zero-order valence-corrected chi connectivity index (χ0v) is 28.7. The maximum Gasteiger partial charge on any atom is 0.0547 e. The number of benzene rings is 12. The molecule has 0 radical (unpaired) electrons. The molecule has 0 aliphatic rings. The van der Waals surface area contributed by atoms with Crippen LogP contribution in [0.5, 0.6) is 0 Å². The second kappa shape index (κ2) is 9.88. The van der Waals surface area contributed by atoms with Gasteiger partial charge in [0.15, 0.2) is 0 Å². The summed E-state index contributed by atoms with van der Waals surface area (Å²) in [7, 11) is 0. The summed E-state index contributed by atoms with van der Waals surface area (Å²) in [6.45, 7) is 0. The summed E-state index contributed by atoms with van der Waals surface area (Å²) in [4.78, 5) is 0. The van der Waals surface area contributed by atoms with E-state index in [9.17, 15) is 0 Å². The van der Waals surface area contributed by atoms with Crippen molar-refractivity contribution in [2.45, 2.75) is 0 Å². The maximum atomic E-state index is 2.46. The minimum Gasteiger partial charge on any atom is -0.309 e. The van der Waals surface area contributed by atoms with Gasteiger partial charge in [-0.05, 0) is 122 Å². The van der Waals surface area contributed by atoms with Crippen molar-refractivity contribution in [2.24, 2.45) is 0 Å². The monoisotopic (exact) mass is 667 g/mol. The molecule has 1 heterocycles. The molecule has 0 unspecified atom stereocenters. The Morgan fingerprint density at radius 1 is 0.226 bits per heavy atom. The molecule has 53 heavy (non-hydrogen) atoms. The third-order valence-electron chi connectivity index (χ3n) is 12.2. The first-order chi connectivity index (χ1) is 26.3. The fourth-order valence-electron chi connectivity index (χ4n) is 10.0. The van der Waals surface area contributed by atoms with Crippen LogP contribution in [0.1, 0.15) is 0 Å². The summed E-state index contributed by atoms with van der Waals surface area (Å²) < 4.78 is 2.46. The number of nitrogens with zero attached hydrogens (tertiary/aromatic N) is 1. The molecule has 12 aromatic carbocycles. The Morgan fingerprint density at radius 2 is 0.566 bits per heavy atom. The Balaban J connectivity index is 1.14. The van der Waals surface area contributed by atoms with E-state index in [1.54, 1.807) is 0 Å². The second-order valence-corrected chi connectivity index (χ2v) is 14.8. The Hall–Kier alpha value is -6.96. The molecular formula is C52H29N. The maximum absolute atomic E-state index is 2.46. The van der Waals surface area contributed by atoms with E-state index in [1.165, 1.54) is 125 Å². The molecule has 0 bridgehead atoms. The van der Waals surface area contributed by atoms with E-state index >= 15 is 0 Å². The smallest absolute Gasteiger partial charge is 0.0547 e. The summed E-state index contributed by atoms with van der Waals surface area (Å²) in [6.07, 6.45) is 0. The average Bonchev–Trinajstić information content (AvgIpc) is 3.56. The van der Waals surface area contributed by atoms with Crippen molar-refractivity contribution >= 4 is 97.2 Å². The van der Waals surface area contributed by atoms with Gasteiger partial charge in [0.05, 0.1) is 11.0 Å². The lowest BCUT2D eigenvalue weighted by Gasteiger charge is -2.17. The van der Waals surface area contributed by atoms with Gasteiger partial charge in [-0.2, -0.15) is 0 Å². The van der Waals surface area contributed by atoms with E-state index in [0.29, 0.717) is 0 Å². The van der Waals surface area contributed by atoms with Crippen LogP contribution in [0.2, 0.25) is 0 Å².